The molecule has 0 aliphatic rings. The number of para-hydroxylation sites is 2. The first-order valence-corrected chi connectivity index (χ1v) is 10.8. The number of imidazole rings is 1. The summed E-state index contributed by atoms with van der Waals surface area (Å²) in [6.07, 6.45) is 4.67. The molecule has 0 radical (unpaired) electrons. The molecular formula is C27H31N2+. The summed E-state index contributed by atoms with van der Waals surface area (Å²) in [5.41, 5.74) is 7.62. The van der Waals surface area contributed by atoms with Crippen molar-refractivity contribution >= 4 is 11.0 Å². The Labute approximate surface area is 174 Å². The van der Waals surface area contributed by atoms with Crippen molar-refractivity contribution in [3.63, 3.8) is 0 Å². The molecule has 0 aliphatic heterocycles. The maximum Gasteiger partial charge on any atom is 0.255 e. The third kappa shape index (κ3) is 3.85. The molecule has 2 heteroatoms. The molecule has 0 N–H and O–H groups in total. The number of nitrogens with zero attached hydrogens (tertiary/aromatic N) is 2. The monoisotopic (exact) mass is 383 g/mol. The maximum atomic E-state index is 2.32. The van der Waals surface area contributed by atoms with Crippen molar-refractivity contribution in [2.24, 2.45) is 0 Å². The second-order valence-electron chi connectivity index (χ2n) is 8.37. The van der Waals surface area contributed by atoms with Crippen molar-refractivity contribution in [1.82, 2.24) is 4.57 Å². The molecule has 4 aromatic rings. The lowest BCUT2D eigenvalue weighted by Crippen LogP contribution is -2.28. The first-order chi connectivity index (χ1) is 14.1. The summed E-state index contributed by atoms with van der Waals surface area (Å²) in [5.74, 6) is 1.16. The second-order valence-corrected chi connectivity index (χ2v) is 8.37. The van der Waals surface area contributed by atoms with E-state index in [2.05, 4.69) is 116 Å². The van der Waals surface area contributed by atoms with E-state index in [0.717, 1.165) is 0 Å². The van der Waals surface area contributed by atoms with Crippen LogP contribution < -0.4 is 4.57 Å². The van der Waals surface area contributed by atoms with E-state index in [9.17, 15) is 0 Å². The highest BCUT2D eigenvalue weighted by molar-refractivity contribution is 5.74. The summed E-state index contributed by atoms with van der Waals surface area (Å²) in [6.45, 7) is 9.04. The van der Waals surface area contributed by atoms with E-state index in [1.165, 1.54) is 46.4 Å². The lowest BCUT2D eigenvalue weighted by molar-refractivity contribution is -0.567. The summed E-state index contributed by atoms with van der Waals surface area (Å²) >= 11 is 0. The third-order valence-corrected chi connectivity index (χ3v) is 5.93. The Bertz CT molecular complexity index is 1090. The van der Waals surface area contributed by atoms with Crippen molar-refractivity contribution in [1.29, 1.82) is 0 Å². The normalized spacial score (nSPS) is 12.6. The van der Waals surface area contributed by atoms with Crippen LogP contribution in [0, 0.1) is 0 Å². The Balaban J connectivity index is 1.76. The van der Waals surface area contributed by atoms with Gasteiger partial charge in [-0.15, -0.1) is 0 Å². The fourth-order valence-corrected chi connectivity index (χ4v) is 4.11. The van der Waals surface area contributed by atoms with Crippen molar-refractivity contribution < 1.29 is 4.57 Å². The lowest BCUT2D eigenvalue weighted by atomic mass is 9.96. The predicted molar refractivity (Wildman–Crippen MR) is 122 cm³/mol. The lowest BCUT2D eigenvalue weighted by Gasteiger charge is -2.10. The molecule has 0 amide bonds. The molecule has 1 heterocycles. The zero-order valence-electron chi connectivity index (χ0n) is 18.0. The molecule has 0 saturated carbocycles. The van der Waals surface area contributed by atoms with Crippen molar-refractivity contribution in [2.45, 2.75) is 52.4 Å². The zero-order valence-corrected chi connectivity index (χ0v) is 18.0. The van der Waals surface area contributed by atoms with Crippen LogP contribution in [0.25, 0.3) is 22.4 Å². The molecule has 0 spiro atoms. The van der Waals surface area contributed by atoms with E-state index in [4.69, 9.17) is 0 Å². The standard InChI is InChI=1S/C27H31N2/c1-5-8-21(4)23-13-17-25(18-14-23)29-19-28(26-9-6-7-10-27(26)29)24-15-11-22(12-16-24)20(2)3/h6-7,9-21H,5,8H2,1-4H3/q+1. The smallest absolute Gasteiger partial charge is 0.195 e. The van der Waals surface area contributed by atoms with Crippen LogP contribution in [0.3, 0.4) is 0 Å². The van der Waals surface area contributed by atoms with Gasteiger partial charge in [-0.1, -0.05) is 70.5 Å². The summed E-state index contributed by atoms with van der Waals surface area (Å²) < 4.78 is 4.58. The average molecular weight is 384 g/mol. The van der Waals surface area contributed by atoms with Gasteiger partial charge in [-0.05, 0) is 65.8 Å². The maximum absolute atomic E-state index is 2.32. The topological polar surface area (TPSA) is 8.81 Å². The Hall–Kier alpha value is -2.87. The summed E-state index contributed by atoms with van der Waals surface area (Å²) in [7, 11) is 0. The second kappa shape index (κ2) is 8.24. The molecule has 0 fully saturated rings. The van der Waals surface area contributed by atoms with Gasteiger partial charge in [0.25, 0.3) is 6.33 Å². The van der Waals surface area contributed by atoms with E-state index in [-0.39, 0.29) is 0 Å². The SMILES string of the molecule is CCCC(C)c1ccc(-[n+]2cn(-c3ccc(C(C)C)cc3)c3ccccc32)cc1. The molecular weight excluding hydrogens is 352 g/mol. The summed E-state index contributed by atoms with van der Waals surface area (Å²) in [6, 6.07) is 26.6. The number of rotatable bonds is 6. The van der Waals surface area contributed by atoms with Gasteiger partial charge >= 0.3 is 0 Å². The molecule has 29 heavy (non-hydrogen) atoms. The Morgan fingerprint density at radius 2 is 1.45 bits per heavy atom. The van der Waals surface area contributed by atoms with Gasteiger partial charge in [0, 0.05) is 0 Å². The summed E-state index contributed by atoms with van der Waals surface area (Å²) in [4.78, 5) is 0. The van der Waals surface area contributed by atoms with Gasteiger partial charge in [-0.2, -0.15) is 9.13 Å². The average Bonchev–Trinajstić information content (AvgIpc) is 3.14. The zero-order chi connectivity index (χ0) is 20.4. The number of aromatic nitrogens is 2. The van der Waals surface area contributed by atoms with Crippen LogP contribution in [0.5, 0.6) is 0 Å². The summed E-state index contributed by atoms with van der Waals surface area (Å²) in [5, 5.41) is 0. The Morgan fingerprint density at radius 3 is 2.10 bits per heavy atom. The number of hydrogen-bond donors (Lipinski definition) is 0. The van der Waals surface area contributed by atoms with E-state index >= 15 is 0 Å². The molecule has 1 unspecified atom stereocenters. The van der Waals surface area contributed by atoms with Crippen molar-refractivity contribution in [2.75, 3.05) is 0 Å². The number of fused-ring (bicyclic) bond motifs is 1. The Kier molecular flexibility index (Phi) is 5.53. The van der Waals surface area contributed by atoms with Gasteiger partial charge in [-0.3, -0.25) is 0 Å². The molecule has 1 atom stereocenters. The van der Waals surface area contributed by atoms with Gasteiger partial charge in [0.05, 0.1) is 0 Å². The van der Waals surface area contributed by atoms with Crippen LogP contribution in [-0.4, -0.2) is 4.57 Å². The minimum Gasteiger partial charge on any atom is -0.195 e. The number of hydrogen-bond acceptors (Lipinski definition) is 0. The van der Waals surface area contributed by atoms with Crippen molar-refractivity contribution in [3.05, 3.63) is 90.3 Å². The molecule has 0 aliphatic carbocycles. The van der Waals surface area contributed by atoms with Gasteiger partial charge in [0.1, 0.15) is 11.4 Å². The van der Waals surface area contributed by atoms with Crippen LogP contribution in [0.2, 0.25) is 0 Å². The van der Waals surface area contributed by atoms with Crippen LogP contribution >= 0.6 is 0 Å². The van der Waals surface area contributed by atoms with Gasteiger partial charge in [0.2, 0.25) is 0 Å². The minimum absolute atomic E-state index is 0.545. The molecule has 0 saturated heterocycles. The third-order valence-electron chi connectivity index (χ3n) is 5.93. The van der Waals surface area contributed by atoms with Crippen LogP contribution in [-0.2, 0) is 0 Å². The number of benzene rings is 3. The largest absolute Gasteiger partial charge is 0.255 e. The van der Waals surface area contributed by atoms with Gasteiger partial charge in [0.15, 0.2) is 11.0 Å². The van der Waals surface area contributed by atoms with Gasteiger partial charge in [-0.25, -0.2) is 0 Å². The van der Waals surface area contributed by atoms with Gasteiger partial charge < -0.3 is 0 Å². The molecule has 3 aromatic carbocycles. The highest BCUT2D eigenvalue weighted by Gasteiger charge is 2.18. The molecule has 1 aromatic heterocycles. The highest BCUT2D eigenvalue weighted by Crippen LogP contribution is 2.23. The van der Waals surface area contributed by atoms with Crippen LogP contribution in [0.4, 0.5) is 0 Å². The first-order valence-electron chi connectivity index (χ1n) is 10.8. The van der Waals surface area contributed by atoms with E-state index in [0.29, 0.717) is 11.8 Å². The van der Waals surface area contributed by atoms with Crippen LogP contribution in [0.15, 0.2) is 79.1 Å². The Morgan fingerprint density at radius 1 is 0.793 bits per heavy atom. The highest BCUT2D eigenvalue weighted by atomic mass is 15.1. The quantitative estimate of drug-likeness (QED) is 0.319. The molecule has 148 valence electrons. The fourth-order valence-electron chi connectivity index (χ4n) is 4.11. The predicted octanol–water partition coefficient (Wildman–Crippen LogP) is 6.93. The first kappa shape index (κ1) is 19.4. The molecule has 4 rings (SSSR count). The van der Waals surface area contributed by atoms with Crippen LogP contribution in [0.1, 0.15) is 63.5 Å². The van der Waals surface area contributed by atoms with E-state index in [1.54, 1.807) is 0 Å². The molecule has 2 nitrogen and oxygen atoms in total. The minimum atomic E-state index is 0.545. The van der Waals surface area contributed by atoms with Crippen molar-refractivity contribution in [3.8, 4) is 11.4 Å². The fraction of sp³-hybridized carbons (Fsp3) is 0.296. The molecule has 0 bridgehead atoms. The van der Waals surface area contributed by atoms with E-state index < -0.39 is 0 Å². The van der Waals surface area contributed by atoms with E-state index in [1.807, 2.05) is 0 Å².